The smallest absolute Gasteiger partial charge is 0.337 e. The fourth-order valence-electron chi connectivity index (χ4n) is 2.37. The Morgan fingerprint density at radius 3 is 2.25 bits per heavy atom. The number of imidazole rings is 1. The van der Waals surface area contributed by atoms with Gasteiger partial charge < -0.3 is 14.9 Å². The number of nitrogens with one attached hydrogen (secondary N) is 2. The number of carbonyl (C=O) groups excluding carboxylic acids is 1. The van der Waals surface area contributed by atoms with Crippen LogP contribution in [-0.4, -0.2) is 33.9 Å². The third-order valence-electron chi connectivity index (χ3n) is 3.75. The van der Waals surface area contributed by atoms with E-state index in [9.17, 15) is 22.8 Å². The standard InChI is InChI=1S/C16H18F3N3O2/c1-3-22(14(23)13-10(2)20-15(24)21-13)9-8-11-4-6-12(7-5-11)16(17,18)19/h4-7H,3,8-9H2,1-2H3,(H2,20,21,24). The molecule has 0 aliphatic rings. The highest BCUT2D eigenvalue weighted by molar-refractivity contribution is 5.93. The van der Waals surface area contributed by atoms with Crippen LogP contribution in [0.2, 0.25) is 0 Å². The van der Waals surface area contributed by atoms with Gasteiger partial charge in [-0.05, 0) is 38.0 Å². The zero-order valence-corrected chi connectivity index (χ0v) is 13.3. The lowest BCUT2D eigenvalue weighted by Crippen LogP contribution is -2.33. The summed E-state index contributed by atoms with van der Waals surface area (Å²) < 4.78 is 37.6. The van der Waals surface area contributed by atoms with Crippen molar-refractivity contribution in [3.8, 4) is 0 Å². The monoisotopic (exact) mass is 341 g/mol. The number of benzene rings is 1. The summed E-state index contributed by atoms with van der Waals surface area (Å²) in [5, 5.41) is 0. The maximum Gasteiger partial charge on any atom is 0.416 e. The molecule has 0 unspecified atom stereocenters. The van der Waals surface area contributed by atoms with Gasteiger partial charge in [-0.2, -0.15) is 13.2 Å². The van der Waals surface area contributed by atoms with Gasteiger partial charge in [0.15, 0.2) is 0 Å². The number of hydrogen-bond donors (Lipinski definition) is 2. The van der Waals surface area contributed by atoms with Gasteiger partial charge in [0.1, 0.15) is 5.69 Å². The molecule has 5 nitrogen and oxygen atoms in total. The van der Waals surface area contributed by atoms with Crippen molar-refractivity contribution in [3.63, 3.8) is 0 Å². The van der Waals surface area contributed by atoms with Crippen LogP contribution in [0.3, 0.4) is 0 Å². The minimum atomic E-state index is -4.36. The summed E-state index contributed by atoms with van der Waals surface area (Å²) in [7, 11) is 0. The van der Waals surface area contributed by atoms with Gasteiger partial charge in [0, 0.05) is 18.8 Å². The van der Waals surface area contributed by atoms with Crippen LogP contribution >= 0.6 is 0 Å². The van der Waals surface area contributed by atoms with Crippen molar-refractivity contribution in [2.24, 2.45) is 0 Å². The van der Waals surface area contributed by atoms with Crippen molar-refractivity contribution in [2.75, 3.05) is 13.1 Å². The maximum atomic E-state index is 12.5. The predicted octanol–water partition coefficient (Wildman–Crippen LogP) is 2.74. The second-order valence-corrected chi connectivity index (χ2v) is 5.41. The number of H-pyrrole nitrogens is 2. The van der Waals surface area contributed by atoms with E-state index in [0.717, 1.165) is 12.1 Å². The normalized spacial score (nSPS) is 11.5. The molecule has 0 aliphatic carbocycles. The summed E-state index contributed by atoms with van der Waals surface area (Å²) in [4.78, 5) is 30.1. The Hall–Kier alpha value is -2.51. The molecule has 0 bridgehead atoms. The zero-order valence-electron chi connectivity index (χ0n) is 13.3. The second-order valence-electron chi connectivity index (χ2n) is 5.41. The fraction of sp³-hybridized carbons (Fsp3) is 0.375. The van der Waals surface area contributed by atoms with Crippen molar-refractivity contribution in [1.29, 1.82) is 0 Å². The molecule has 0 radical (unpaired) electrons. The molecule has 1 aromatic carbocycles. The number of rotatable bonds is 5. The number of carbonyl (C=O) groups is 1. The highest BCUT2D eigenvalue weighted by Crippen LogP contribution is 2.29. The van der Waals surface area contributed by atoms with Gasteiger partial charge in [-0.3, -0.25) is 4.79 Å². The number of alkyl halides is 3. The number of hydrogen-bond acceptors (Lipinski definition) is 2. The first-order valence-electron chi connectivity index (χ1n) is 7.46. The molecule has 1 amide bonds. The molecule has 2 aromatic rings. The van der Waals surface area contributed by atoms with Crippen LogP contribution in [0.15, 0.2) is 29.1 Å². The Morgan fingerprint density at radius 2 is 1.79 bits per heavy atom. The Kier molecular flexibility index (Phi) is 5.16. The molecular weight excluding hydrogens is 323 g/mol. The molecule has 130 valence electrons. The van der Waals surface area contributed by atoms with E-state index in [1.165, 1.54) is 17.0 Å². The number of amides is 1. The van der Waals surface area contributed by atoms with Crippen LogP contribution in [0.1, 0.15) is 34.2 Å². The van der Waals surface area contributed by atoms with Gasteiger partial charge in [0.05, 0.1) is 5.56 Å². The molecule has 0 spiro atoms. The number of aryl methyl sites for hydroxylation is 1. The first-order valence-corrected chi connectivity index (χ1v) is 7.46. The number of halogens is 3. The van der Waals surface area contributed by atoms with E-state index >= 15 is 0 Å². The largest absolute Gasteiger partial charge is 0.416 e. The molecule has 0 atom stereocenters. The minimum Gasteiger partial charge on any atom is -0.337 e. The second kappa shape index (κ2) is 6.94. The van der Waals surface area contributed by atoms with E-state index in [4.69, 9.17) is 0 Å². The van der Waals surface area contributed by atoms with Crippen LogP contribution in [-0.2, 0) is 12.6 Å². The van der Waals surface area contributed by atoms with Crippen molar-refractivity contribution >= 4 is 5.91 Å². The lowest BCUT2D eigenvalue weighted by molar-refractivity contribution is -0.137. The molecule has 2 N–H and O–H groups in total. The quantitative estimate of drug-likeness (QED) is 0.878. The maximum absolute atomic E-state index is 12.5. The third kappa shape index (κ3) is 4.06. The number of aromatic nitrogens is 2. The first kappa shape index (κ1) is 17.8. The lowest BCUT2D eigenvalue weighted by Gasteiger charge is -2.20. The molecule has 0 saturated carbocycles. The van der Waals surface area contributed by atoms with Crippen LogP contribution < -0.4 is 5.69 Å². The highest BCUT2D eigenvalue weighted by atomic mass is 19.4. The van der Waals surface area contributed by atoms with Gasteiger partial charge in [-0.25, -0.2) is 4.79 Å². The molecule has 1 heterocycles. The van der Waals surface area contributed by atoms with Crippen LogP contribution in [0.5, 0.6) is 0 Å². The van der Waals surface area contributed by atoms with Crippen molar-refractivity contribution in [3.05, 3.63) is 57.3 Å². The van der Waals surface area contributed by atoms with E-state index in [0.29, 0.717) is 30.8 Å². The van der Waals surface area contributed by atoms with Crippen LogP contribution in [0.4, 0.5) is 13.2 Å². The molecule has 8 heteroatoms. The van der Waals surface area contributed by atoms with E-state index in [2.05, 4.69) is 9.97 Å². The van der Waals surface area contributed by atoms with Crippen molar-refractivity contribution in [2.45, 2.75) is 26.4 Å². The van der Waals surface area contributed by atoms with Gasteiger partial charge in [-0.1, -0.05) is 12.1 Å². The van der Waals surface area contributed by atoms with Crippen molar-refractivity contribution in [1.82, 2.24) is 14.9 Å². The number of nitrogens with zero attached hydrogens (tertiary/aromatic N) is 1. The molecule has 1 aromatic heterocycles. The molecule has 24 heavy (non-hydrogen) atoms. The summed E-state index contributed by atoms with van der Waals surface area (Å²) >= 11 is 0. The predicted molar refractivity (Wildman–Crippen MR) is 82.9 cm³/mol. The highest BCUT2D eigenvalue weighted by Gasteiger charge is 2.29. The van der Waals surface area contributed by atoms with E-state index in [1.54, 1.807) is 13.8 Å². The summed E-state index contributed by atoms with van der Waals surface area (Å²) in [5.74, 6) is -0.319. The molecular formula is C16H18F3N3O2. The van der Waals surface area contributed by atoms with Crippen LogP contribution in [0.25, 0.3) is 0 Å². The SMILES string of the molecule is CCN(CCc1ccc(C(F)(F)F)cc1)C(=O)c1[nH]c(=O)[nH]c1C. The molecule has 2 rings (SSSR count). The van der Waals surface area contributed by atoms with Gasteiger partial charge in [-0.15, -0.1) is 0 Å². The Morgan fingerprint density at radius 1 is 1.17 bits per heavy atom. The summed E-state index contributed by atoms with van der Waals surface area (Å²) in [6.07, 6.45) is -3.94. The number of aromatic amines is 2. The van der Waals surface area contributed by atoms with E-state index in [-0.39, 0.29) is 11.6 Å². The summed E-state index contributed by atoms with van der Waals surface area (Å²) in [6, 6.07) is 4.87. The van der Waals surface area contributed by atoms with Crippen LogP contribution in [0, 0.1) is 6.92 Å². The van der Waals surface area contributed by atoms with Gasteiger partial charge in [0.2, 0.25) is 0 Å². The Balaban J connectivity index is 2.04. The average molecular weight is 341 g/mol. The topological polar surface area (TPSA) is 69.0 Å². The fourth-order valence-corrected chi connectivity index (χ4v) is 2.37. The lowest BCUT2D eigenvalue weighted by atomic mass is 10.1. The summed E-state index contributed by atoms with van der Waals surface area (Å²) in [6.45, 7) is 4.18. The Bertz CT molecular complexity index is 760. The van der Waals surface area contributed by atoms with E-state index < -0.39 is 17.4 Å². The molecule has 0 saturated heterocycles. The minimum absolute atomic E-state index is 0.203. The Labute approximate surface area is 136 Å². The first-order chi connectivity index (χ1) is 11.2. The zero-order chi connectivity index (χ0) is 17.9. The number of likely N-dealkylation sites (N-methyl/N-ethyl adjacent to an activating group) is 1. The van der Waals surface area contributed by atoms with Crippen molar-refractivity contribution < 1.29 is 18.0 Å². The third-order valence-corrected chi connectivity index (χ3v) is 3.75. The van der Waals surface area contributed by atoms with E-state index in [1.807, 2.05) is 0 Å². The summed E-state index contributed by atoms with van der Waals surface area (Å²) in [5.41, 5.74) is 0.214. The van der Waals surface area contributed by atoms with Gasteiger partial charge >= 0.3 is 11.9 Å². The van der Waals surface area contributed by atoms with Gasteiger partial charge in [0.25, 0.3) is 5.91 Å². The average Bonchev–Trinajstić information content (AvgIpc) is 2.86. The molecule has 0 fully saturated rings. The molecule has 0 aliphatic heterocycles.